The molecule has 0 aliphatic heterocycles. The predicted octanol–water partition coefficient (Wildman–Crippen LogP) is 2.70. The lowest BCUT2D eigenvalue weighted by molar-refractivity contribution is -0.126. The fourth-order valence-electron chi connectivity index (χ4n) is 3.65. The van der Waals surface area contributed by atoms with E-state index in [0.29, 0.717) is 0 Å². The van der Waals surface area contributed by atoms with Crippen molar-refractivity contribution >= 4 is 5.91 Å². The summed E-state index contributed by atoms with van der Waals surface area (Å²) in [5.41, 5.74) is 8.86. The van der Waals surface area contributed by atoms with Crippen LogP contribution in [0.4, 0.5) is 0 Å². The maximum Gasteiger partial charge on any atom is 0.225 e. The summed E-state index contributed by atoms with van der Waals surface area (Å²) in [7, 11) is 0. The smallest absolute Gasteiger partial charge is 0.225 e. The van der Waals surface area contributed by atoms with Gasteiger partial charge in [-0.2, -0.15) is 0 Å². The zero-order valence-electron chi connectivity index (χ0n) is 12.0. The van der Waals surface area contributed by atoms with Gasteiger partial charge in [0.1, 0.15) is 0 Å². The Kier molecular flexibility index (Phi) is 4.06. The van der Waals surface area contributed by atoms with Crippen LogP contribution in [-0.4, -0.2) is 11.9 Å². The molecule has 1 saturated carbocycles. The minimum absolute atomic E-state index is 0.00487. The molecule has 108 valence electrons. The minimum atomic E-state index is 0.00487. The Hall–Kier alpha value is -1.35. The Morgan fingerprint density at radius 1 is 1.10 bits per heavy atom. The van der Waals surface area contributed by atoms with Gasteiger partial charge in [0.2, 0.25) is 5.91 Å². The van der Waals surface area contributed by atoms with Crippen molar-refractivity contribution in [3.8, 4) is 0 Å². The first-order valence-corrected chi connectivity index (χ1v) is 7.89. The van der Waals surface area contributed by atoms with E-state index < -0.39 is 0 Å². The van der Waals surface area contributed by atoms with Gasteiger partial charge in [-0.15, -0.1) is 0 Å². The van der Waals surface area contributed by atoms with E-state index >= 15 is 0 Å². The van der Waals surface area contributed by atoms with Crippen LogP contribution in [0.2, 0.25) is 0 Å². The van der Waals surface area contributed by atoms with Crippen LogP contribution < -0.4 is 11.1 Å². The van der Waals surface area contributed by atoms with E-state index in [2.05, 4.69) is 29.6 Å². The summed E-state index contributed by atoms with van der Waals surface area (Å²) in [6.45, 7) is 0. The van der Waals surface area contributed by atoms with Crippen LogP contribution in [-0.2, 0) is 11.2 Å². The molecule has 0 radical (unpaired) electrons. The normalized spacial score (nSPS) is 29.6. The van der Waals surface area contributed by atoms with Crippen LogP contribution >= 0.6 is 0 Å². The lowest BCUT2D eigenvalue weighted by atomic mass is 9.94. The Labute approximate surface area is 120 Å². The molecule has 0 spiro atoms. The number of hydrogen-bond donors (Lipinski definition) is 2. The van der Waals surface area contributed by atoms with Gasteiger partial charge in [0, 0.05) is 6.04 Å². The predicted molar refractivity (Wildman–Crippen MR) is 80.2 cm³/mol. The van der Waals surface area contributed by atoms with Crippen molar-refractivity contribution in [2.75, 3.05) is 0 Å². The Morgan fingerprint density at radius 2 is 1.90 bits per heavy atom. The van der Waals surface area contributed by atoms with Crippen molar-refractivity contribution in [1.29, 1.82) is 0 Å². The molecule has 0 heterocycles. The second kappa shape index (κ2) is 5.96. The summed E-state index contributed by atoms with van der Waals surface area (Å²) in [6.07, 6.45) is 7.53. The Balaban J connectivity index is 1.67. The number of benzene rings is 1. The van der Waals surface area contributed by atoms with Crippen molar-refractivity contribution < 1.29 is 4.79 Å². The lowest BCUT2D eigenvalue weighted by Gasteiger charge is -2.23. The molecule has 1 aromatic carbocycles. The fourth-order valence-corrected chi connectivity index (χ4v) is 3.65. The van der Waals surface area contributed by atoms with Gasteiger partial charge >= 0.3 is 0 Å². The van der Waals surface area contributed by atoms with Crippen molar-refractivity contribution in [3.63, 3.8) is 0 Å². The number of carbonyl (C=O) groups excluding carboxylic acids is 1. The first kappa shape index (κ1) is 13.6. The van der Waals surface area contributed by atoms with Gasteiger partial charge < -0.3 is 11.1 Å². The number of amides is 1. The third-order valence-corrected chi connectivity index (χ3v) is 4.86. The molecule has 0 aromatic heterocycles. The molecule has 20 heavy (non-hydrogen) atoms. The van der Waals surface area contributed by atoms with Crippen molar-refractivity contribution in [1.82, 2.24) is 5.32 Å². The Bertz CT molecular complexity index is 486. The van der Waals surface area contributed by atoms with Crippen molar-refractivity contribution in [2.24, 2.45) is 11.7 Å². The molecule has 3 nitrogen and oxygen atoms in total. The highest BCUT2D eigenvalue weighted by molar-refractivity contribution is 5.80. The van der Waals surface area contributed by atoms with E-state index in [0.717, 1.165) is 38.5 Å². The average Bonchev–Trinajstić information content (AvgIpc) is 2.72. The first-order chi connectivity index (χ1) is 9.75. The molecule has 3 unspecified atom stereocenters. The maximum absolute atomic E-state index is 12.5. The lowest BCUT2D eigenvalue weighted by Crippen LogP contribution is -2.42. The fraction of sp³-hybridized carbons (Fsp3) is 0.588. The van der Waals surface area contributed by atoms with E-state index in [1.807, 2.05) is 0 Å². The third-order valence-electron chi connectivity index (χ3n) is 4.86. The van der Waals surface area contributed by atoms with E-state index in [-0.39, 0.29) is 23.9 Å². The molecule has 3 N–H and O–H groups in total. The summed E-state index contributed by atoms with van der Waals surface area (Å²) in [5.74, 6) is 0.173. The summed E-state index contributed by atoms with van der Waals surface area (Å²) in [5, 5.41) is 3.24. The SMILES string of the molecule is NC1CCCCCC1C(=O)NC1CCc2ccccc21. The highest BCUT2D eigenvalue weighted by atomic mass is 16.2. The van der Waals surface area contributed by atoms with Crippen LogP contribution in [0.5, 0.6) is 0 Å². The minimum Gasteiger partial charge on any atom is -0.349 e. The van der Waals surface area contributed by atoms with Crippen LogP contribution in [0.15, 0.2) is 24.3 Å². The molecule has 1 amide bonds. The molecule has 3 rings (SSSR count). The third kappa shape index (κ3) is 2.73. The van der Waals surface area contributed by atoms with Crippen molar-refractivity contribution in [3.05, 3.63) is 35.4 Å². The van der Waals surface area contributed by atoms with Gasteiger partial charge in [0.25, 0.3) is 0 Å². The molecule has 2 aliphatic rings. The van der Waals surface area contributed by atoms with Gasteiger partial charge in [0.05, 0.1) is 12.0 Å². The van der Waals surface area contributed by atoms with Gasteiger partial charge in [-0.25, -0.2) is 0 Å². The van der Waals surface area contributed by atoms with E-state index in [1.165, 1.54) is 17.5 Å². The number of rotatable bonds is 2. The van der Waals surface area contributed by atoms with Crippen molar-refractivity contribution in [2.45, 2.75) is 57.0 Å². The largest absolute Gasteiger partial charge is 0.349 e. The van der Waals surface area contributed by atoms with Gasteiger partial charge in [-0.3, -0.25) is 4.79 Å². The molecule has 2 aliphatic carbocycles. The molecule has 0 bridgehead atoms. The van der Waals surface area contributed by atoms with E-state index in [1.54, 1.807) is 0 Å². The number of nitrogens with two attached hydrogens (primary N) is 1. The highest BCUT2D eigenvalue weighted by Gasteiger charge is 2.30. The number of nitrogens with one attached hydrogen (secondary N) is 1. The Morgan fingerprint density at radius 3 is 2.80 bits per heavy atom. The second-order valence-corrected chi connectivity index (χ2v) is 6.21. The topological polar surface area (TPSA) is 55.1 Å². The summed E-state index contributed by atoms with van der Waals surface area (Å²) in [4.78, 5) is 12.5. The summed E-state index contributed by atoms with van der Waals surface area (Å²) in [6, 6.07) is 8.66. The molecule has 0 saturated heterocycles. The monoisotopic (exact) mass is 272 g/mol. The number of hydrogen-bond acceptors (Lipinski definition) is 2. The average molecular weight is 272 g/mol. The van der Waals surface area contributed by atoms with Gasteiger partial charge in [0.15, 0.2) is 0 Å². The maximum atomic E-state index is 12.5. The number of fused-ring (bicyclic) bond motifs is 1. The second-order valence-electron chi connectivity index (χ2n) is 6.21. The molecular formula is C17H24N2O. The van der Waals surface area contributed by atoms with Crippen LogP contribution in [0.3, 0.4) is 0 Å². The van der Waals surface area contributed by atoms with Gasteiger partial charge in [-0.1, -0.05) is 43.5 Å². The molecular weight excluding hydrogens is 248 g/mol. The van der Waals surface area contributed by atoms with Gasteiger partial charge in [-0.05, 0) is 36.8 Å². The van der Waals surface area contributed by atoms with Crippen LogP contribution in [0, 0.1) is 5.92 Å². The molecule has 1 fully saturated rings. The van der Waals surface area contributed by atoms with E-state index in [9.17, 15) is 4.79 Å². The summed E-state index contributed by atoms with van der Waals surface area (Å²) >= 11 is 0. The van der Waals surface area contributed by atoms with E-state index in [4.69, 9.17) is 5.73 Å². The number of carbonyl (C=O) groups is 1. The zero-order chi connectivity index (χ0) is 13.9. The first-order valence-electron chi connectivity index (χ1n) is 7.89. The summed E-state index contributed by atoms with van der Waals surface area (Å²) < 4.78 is 0. The number of aryl methyl sites for hydroxylation is 1. The standard InChI is InChI=1S/C17H24N2O/c18-15-9-3-1-2-8-14(15)17(20)19-16-11-10-12-6-4-5-7-13(12)16/h4-7,14-16H,1-3,8-11,18H2,(H,19,20). The molecule has 3 heteroatoms. The quantitative estimate of drug-likeness (QED) is 0.813. The zero-order valence-corrected chi connectivity index (χ0v) is 12.0. The van der Waals surface area contributed by atoms with Crippen LogP contribution in [0.25, 0.3) is 0 Å². The highest BCUT2D eigenvalue weighted by Crippen LogP contribution is 2.31. The molecule has 3 atom stereocenters. The molecule has 1 aromatic rings. The van der Waals surface area contributed by atoms with Crippen LogP contribution in [0.1, 0.15) is 55.7 Å².